The van der Waals surface area contributed by atoms with E-state index in [1.54, 1.807) is 0 Å². The van der Waals surface area contributed by atoms with Crippen molar-refractivity contribution >= 4 is 24.8 Å². The zero-order valence-corrected chi connectivity index (χ0v) is 9.06. The first-order valence-electron chi connectivity index (χ1n) is 1.34. The van der Waals surface area contributed by atoms with Crippen LogP contribution in [-0.4, -0.2) is 19.1 Å². The van der Waals surface area contributed by atoms with Crippen molar-refractivity contribution in [1.82, 2.24) is 8.84 Å². The van der Waals surface area contributed by atoms with Crippen LogP contribution in [0.25, 0.3) is 0 Å². The van der Waals surface area contributed by atoms with E-state index in [1.807, 2.05) is 19.1 Å². The van der Waals surface area contributed by atoms with Crippen LogP contribution in [0.4, 0.5) is 0 Å². The van der Waals surface area contributed by atoms with Crippen LogP contribution >= 0.6 is 24.8 Å². The van der Waals surface area contributed by atoms with Gasteiger partial charge >= 0.3 is 44.3 Å². The van der Waals surface area contributed by atoms with Crippen LogP contribution in [-0.2, 0) is 21.3 Å². The molecule has 46 valence electrons. The monoisotopic (exact) mass is 312 g/mol. The first kappa shape index (κ1) is 15.7. The molecule has 7 heavy (non-hydrogen) atoms. The smallest absolute Gasteiger partial charge is 0.147 e. The molecule has 0 radical (unpaired) electrons. The average Bonchev–Trinajstić information content (AvgIpc) is 1.38. The minimum Gasteiger partial charge on any atom is -0.147 e. The normalized spacial score (nSPS) is 6.71. The minimum atomic E-state index is 0. The molecule has 0 aliphatic carbocycles. The van der Waals surface area contributed by atoms with Gasteiger partial charge in [-0.1, -0.05) is 0 Å². The molecule has 1 N–H and O–H groups in total. The van der Waals surface area contributed by atoms with Crippen molar-refractivity contribution in [2.24, 2.45) is 0 Å². The largest absolute Gasteiger partial charge is 0.147 e. The molecule has 0 unspecified atom stereocenters. The van der Waals surface area contributed by atoms with Gasteiger partial charge < -0.3 is 0 Å². The summed E-state index contributed by atoms with van der Waals surface area (Å²) >= 11 is 1.21. The fraction of sp³-hybridized carbons (Fsp3) is 1.00. The van der Waals surface area contributed by atoms with Gasteiger partial charge in [-0.2, -0.15) is 0 Å². The average molecular weight is 313 g/mol. The zero-order valence-electron chi connectivity index (χ0n) is 4.21. The van der Waals surface area contributed by atoms with Gasteiger partial charge in [0.2, 0.25) is 0 Å². The van der Waals surface area contributed by atoms with Crippen molar-refractivity contribution in [3.8, 4) is 0 Å². The van der Waals surface area contributed by atoms with E-state index in [1.165, 1.54) is 21.3 Å². The molecule has 0 atom stereocenters. The van der Waals surface area contributed by atoms with E-state index in [-0.39, 0.29) is 24.8 Å². The zero-order chi connectivity index (χ0) is 4.28. The first-order valence-corrected chi connectivity index (χ1v) is 2.95. The van der Waals surface area contributed by atoms with Crippen molar-refractivity contribution in [3.63, 3.8) is 0 Å². The summed E-state index contributed by atoms with van der Waals surface area (Å²) in [6, 6.07) is 0. The van der Waals surface area contributed by atoms with Crippen LogP contribution in [0.3, 0.4) is 0 Å². The number of hydrogen-bond donors (Lipinski definition) is 1. The van der Waals surface area contributed by atoms with Gasteiger partial charge in [0.1, 0.15) is 0 Å². The second-order valence-corrected chi connectivity index (χ2v) is 1.71. The summed E-state index contributed by atoms with van der Waals surface area (Å²) in [5.41, 5.74) is 0. The molecule has 0 aromatic heterocycles. The number of hydrogen-bond acceptors (Lipinski definition) is 2. The second-order valence-electron chi connectivity index (χ2n) is 0.994. The Morgan fingerprint density at radius 3 is 1.43 bits per heavy atom. The summed E-state index contributed by atoms with van der Waals surface area (Å²) in [4.78, 5) is 0. The Labute approximate surface area is 69.0 Å². The van der Waals surface area contributed by atoms with Gasteiger partial charge in [0, 0.05) is 0 Å². The maximum Gasteiger partial charge on any atom is -0.147 e. The molecule has 5 heteroatoms. The SMILES string of the molecule is CN(C)[NH][Ta].Cl.Cl. The van der Waals surface area contributed by atoms with Crippen LogP contribution < -0.4 is 3.83 Å². The fourth-order valence-electron chi connectivity index (χ4n) is 0. The summed E-state index contributed by atoms with van der Waals surface area (Å²) in [7, 11) is 3.94. The molecule has 0 aliphatic heterocycles. The van der Waals surface area contributed by atoms with Crippen LogP contribution in [0.5, 0.6) is 0 Å². The van der Waals surface area contributed by atoms with Crippen molar-refractivity contribution in [1.29, 1.82) is 0 Å². The number of halogens is 2. The van der Waals surface area contributed by atoms with Gasteiger partial charge in [0.05, 0.1) is 0 Å². The number of hydrazine groups is 1. The quantitative estimate of drug-likeness (QED) is 0.703. The molecule has 0 rings (SSSR count). The third kappa shape index (κ3) is 18.9. The Bertz CT molecular complexity index is 27.7. The van der Waals surface area contributed by atoms with E-state index < -0.39 is 0 Å². The molecule has 0 bridgehead atoms. The predicted octanol–water partition coefficient (Wildman–Crippen LogP) is 0.358. The molecule has 2 nitrogen and oxygen atoms in total. The third-order valence-corrected chi connectivity index (χ3v) is 1.64. The van der Waals surface area contributed by atoms with Crippen molar-refractivity contribution in [2.45, 2.75) is 0 Å². The Morgan fingerprint density at radius 1 is 1.29 bits per heavy atom. The summed E-state index contributed by atoms with van der Waals surface area (Å²) in [6.45, 7) is 0. The number of nitrogens with one attached hydrogen (secondary N) is 1. The van der Waals surface area contributed by atoms with Crippen LogP contribution in [0.2, 0.25) is 0 Å². The Hall–Kier alpha value is 1.24. The van der Waals surface area contributed by atoms with E-state index in [4.69, 9.17) is 0 Å². The van der Waals surface area contributed by atoms with E-state index in [0.717, 1.165) is 0 Å². The van der Waals surface area contributed by atoms with Gasteiger partial charge in [-0.25, -0.2) is 0 Å². The third-order valence-electron chi connectivity index (χ3n) is 0.200. The maximum absolute atomic E-state index is 2.97. The van der Waals surface area contributed by atoms with E-state index >= 15 is 0 Å². The summed E-state index contributed by atoms with van der Waals surface area (Å²) in [5, 5.41) is 1.92. The Balaban J connectivity index is -0.0000000800. The topological polar surface area (TPSA) is 15.3 Å². The molecular weight excluding hydrogens is 304 g/mol. The van der Waals surface area contributed by atoms with Gasteiger partial charge in [-0.05, 0) is 0 Å². The predicted molar refractivity (Wildman–Crippen MR) is 31.3 cm³/mol. The van der Waals surface area contributed by atoms with Crippen molar-refractivity contribution in [2.75, 3.05) is 14.1 Å². The van der Waals surface area contributed by atoms with Gasteiger partial charge in [0.25, 0.3) is 0 Å². The summed E-state index contributed by atoms with van der Waals surface area (Å²) < 4.78 is 2.97. The van der Waals surface area contributed by atoms with Gasteiger partial charge in [-0.3, -0.25) is 0 Å². The molecular formula is C2H9Cl2N2Ta. The molecule has 0 aromatic rings. The standard InChI is InChI=1S/C2H7N2.2ClH.Ta/c1-4(2)3;;;/h3H,1-2H3;2*1H;/q-1;;;+1. The van der Waals surface area contributed by atoms with E-state index in [0.29, 0.717) is 0 Å². The number of rotatable bonds is 1. The minimum absolute atomic E-state index is 0. The summed E-state index contributed by atoms with van der Waals surface area (Å²) in [6.07, 6.45) is 0. The van der Waals surface area contributed by atoms with Crippen molar-refractivity contribution in [3.05, 3.63) is 0 Å². The number of nitrogens with zero attached hydrogens (tertiary/aromatic N) is 1. The van der Waals surface area contributed by atoms with Gasteiger partial charge in [-0.15, -0.1) is 24.8 Å². The molecule has 0 saturated heterocycles. The van der Waals surface area contributed by atoms with Crippen LogP contribution in [0.15, 0.2) is 0 Å². The first-order chi connectivity index (χ1) is 2.27. The Morgan fingerprint density at radius 2 is 1.43 bits per heavy atom. The molecule has 0 aliphatic rings. The van der Waals surface area contributed by atoms with Crippen LogP contribution in [0.1, 0.15) is 0 Å². The van der Waals surface area contributed by atoms with E-state index in [9.17, 15) is 0 Å². The molecule has 0 saturated carbocycles. The molecule has 0 aromatic carbocycles. The second kappa shape index (κ2) is 10.3. The Kier molecular flexibility index (Phi) is 23.1. The molecule has 0 heterocycles. The summed E-state index contributed by atoms with van der Waals surface area (Å²) in [5.74, 6) is 0. The van der Waals surface area contributed by atoms with Crippen LogP contribution in [0, 0.1) is 0 Å². The van der Waals surface area contributed by atoms with E-state index in [2.05, 4.69) is 3.83 Å². The molecule has 0 fully saturated rings. The maximum atomic E-state index is 2.97. The molecule has 0 spiro atoms. The fourth-order valence-corrected chi connectivity index (χ4v) is 0. The van der Waals surface area contributed by atoms with Gasteiger partial charge in [0.15, 0.2) is 0 Å². The molecule has 0 amide bonds. The van der Waals surface area contributed by atoms with Crippen molar-refractivity contribution < 1.29 is 21.3 Å².